The molecule has 0 amide bonds. The summed E-state index contributed by atoms with van der Waals surface area (Å²) < 4.78 is 12.4. The van der Waals surface area contributed by atoms with Crippen LogP contribution in [0, 0.1) is 24.0 Å². The van der Waals surface area contributed by atoms with Gasteiger partial charge >= 0.3 is 5.97 Å². The highest BCUT2D eigenvalue weighted by atomic mass is 16.6. The third-order valence-electron chi connectivity index (χ3n) is 4.63. The number of furan rings is 1. The molecule has 0 spiro atoms. The Hall–Kier alpha value is -3.94. The molecule has 0 aliphatic rings. The number of ether oxygens (including phenoxy) is 1. The maximum atomic E-state index is 12.5. The Labute approximate surface area is 172 Å². The standard InChI is InChI=1S/C22H20N2O6/c1-15-12-20(16(2)23(15)13-19-4-3-11-29-19)21(25)14-30-22(26)10-7-17-5-8-18(9-6-17)24(27)28/h3-12H,13-14H2,1-2H3/b10-7+. The van der Waals surface area contributed by atoms with Gasteiger partial charge in [-0.1, -0.05) is 0 Å². The van der Waals surface area contributed by atoms with Gasteiger partial charge in [0.2, 0.25) is 5.78 Å². The fourth-order valence-electron chi connectivity index (χ4n) is 3.02. The molecule has 0 radical (unpaired) electrons. The average Bonchev–Trinajstić information content (AvgIpc) is 3.34. The number of carbonyl (C=O) groups excluding carboxylic acids is 2. The summed E-state index contributed by atoms with van der Waals surface area (Å²) in [5, 5.41) is 10.6. The maximum absolute atomic E-state index is 12.5. The predicted molar refractivity (Wildman–Crippen MR) is 109 cm³/mol. The lowest BCUT2D eigenvalue weighted by Gasteiger charge is -2.08. The van der Waals surface area contributed by atoms with E-state index in [1.807, 2.05) is 24.5 Å². The molecule has 0 fully saturated rings. The van der Waals surface area contributed by atoms with E-state index in [-0.39, 0.29) is 18.1 Å². The van der Waals surface area contributed by atoms with Gasteiger partial charge in [-0.25, -0.2) is 4.79 Å². The zero-order valence-corrected chi connectivity index (χ0v) is 16.5. The Balaban J connectivity index is 1.58. The first-order chi connectivity index (χ1) is 14.3. The number of nitrogens with zero attached hydrogens (tertiary/aromatic N) is 2. The number of nitro benzene ring substituents is 1. The van der Waals surface area contributed by atoms with E-state index in [0.29, 0.717) is 17.7 Å². The van der Waals surface area contributed by atoms with Crippen molar-refractivity contribution in [3.05, 3.63) is 93.2 Å². The molecule has 3 aromatic rings. The van der Waals surface area contributed by atoms with Crippen molar-refractivity contribution in [1.82, 2.24) is 4.57 Å². The number of hydrogen-bond acceptors (Lipinski definition) is 6. The van der Waals surface area contributed by atoms with Gasteiger partial charge in [-0.3, -0.25) is 14.9 Å². The average molecular weight is 408 g/mol. The largest absolute Gasteiger partial charge is 0.467 e. The fourth-order valence-corrected chi connectivity index (χ4v) is 3.02. The number of esters is 1. The molecular formula is C22H20N2O6. The molecule has 8 nitrogen and oxygen atoms in total. The van der Waals surface area contributed by atoms with Crippen molar-refractivity contribution in [2.45, 2.75) is 20.4 Å². The quantitative estimate of drug-likeness (QED) is 0.183. The van der Waals surface area contributed by atoms with Crippen LogP contribution < -0.4 is 0 Å². The highest BCUT2D eigenvalue weighted by Crippen LogP contribution is 2.18. The Bertz CT molecular complexity index is 1090. The van der Waals surface area contributed by atoms with Gasteiger partial charge in [-0.05, 0) is 55.8 Å². The smallest absolute Gasteiger partial charge is 0.331 e. The molecule has 154 valence electrons. The number of nitro groups is 1. The topological polar surface area (TPSA) is 105 Å². The van der Waals surface area contributed by atoms with Crippen LogP contribution in [0.4, 0.5) is 5.69 Å². The third kappa shape index (κ3) is 4.91. The second-order valence-corrected chi connectivity index (χ2v) is 6.66. The summed E-state index contributed by atoms with van der Waals surface area (Å²) in [6.07, 6.45) is 4.24. The normalized spacial score (nSPS) is 11.0. The predicted octanol–water partition coefficient (Wildman–Crippen LogP) is 4.09. The number of benzene rings is 1. The summed E-state index contributed by atoms with van der Waals surface area (Å²) in [7, 11) is 0. The van der Waals surface area contributed by atoms with E-state index in [1.54, 1.807) is 18.4 Å². The Kier molecular flexibility index (Phi) is 6.26. The van der Waals surface area contributed by atoms with Crippen molar-refractivity contribution in [3.8, 4) is 0 Å². The van der Waals surface area contributed by atoms with Crippen molar-refractivity contribution in [3.63, 3.8) is 0 Å². The van der Waals surface area contributed by atoms with Gasteiger partial charge in [0.15, 0.2) is 6.61 Å². The van der Waals surface area contributed by atoms with E-state index >= 15 is 0 Å². The van der Waals surface area contributed by atoms with Crippen LogP contribution in [0.5, 0.6) is 0 Å². The third-order valence-corrected chi connectivity index (χ3v) is 4.63. The maximum Gasteiger partial charge on any atom is 0.331 e. The number of non-ortho nitro benzene ring substituents is 1. The molecule has 0 aliphatic heterocycles. The summed E-state index contributed by atoms with van der Waals surface area (Å²) in [5.74, 6) is -0.199. The Morgan fingerprint density at radius 2 is 1.93 bits per heavy atom. The molecule has 0 saturated carbocycles. The van der Waals surface area contributed by atoms with Gasteiger partial charge in [0.05, 0.1) is 17.7 Å². The number of aromatic nitrogens is 1. The minimum absolute atomic E-state index is 0.0371. The van der Waals surface area contributed by atoms with Gasteiger partial charge in [0, 0.05) is 35.2 Å². The molecule has 0 N–H and O–H groups in total. The van der Waals surface area contributed by atoms with Crippen LogP contribution in [-0.4, -0.2) is 27.8 Å². The summed E-state index contributed by atoms with van der Waals surface area (Å²) in [5.41, 5.74) is 2.73. The molecular weight excluding hydrogens is 388 g/mol. The molecule has 0 aliphatic carbocycles. The molecule has 30 heavy (non-hydrogen) atoms. The number of Topliss-reactive ketones (excluding diaryl/α,β-unsaturated/α-hetero) is 1. The lowest BCUT2D eigenvalue weighted by molar-refractivity contribution is -0.384. The number of hydrogen-bond donors (Lipinski definition) is 0. The summed E-state index contributed by atoms with van der Waals surface area (Å²) in [4.78, 5) is 34.6. The molecule has 0 bridgehead atoms. The second-order valence-electron chi connectivity index (χ2n) is 6.66. The van der Waals surface area contributed by atoms with Crippen molar-refractivity contribution in [1.29, 1.82) is 0 Å². The zero-order chi connectivity index (χ0) is 21.7. The zero-order valence-electron chi connectivity index (χ0n) is 16.5. The second kappa shape index (κ2) is 9.04. The van der Waals surface area contributed by atoms with Crippen molar-refractivity contribution in [2.24, 2.45) is 0 Å². The Morgan fingerprint density at radius 3 is 2.57 bits per heavy atom. The molecule has 2 aromatic heterocycles. The molecule has 2 heterocycles. The molecule has 0 unspecified atom stereocenters. The number of rotatable bonds is 8. The first-order valence-electron chi connectivity index (χ1n) is 9.16. The number of ketones is 1. The summed E-state index contributed by atoms with van der Waals surface area (Å²) >= 11 is 0. The molecule has 3 rings (SSSR count). The van der Waals surface area contributed by atoms with E-state index in [4.69, 9.17) is 9.15 Å². The van der Waals surface area contributed by atoms with Crippen molar-refractivity contribution >= 4 is 23.5 Å². The van der Waals surface area contributed by atoms with Crippen LogP contribution in [-0.2, 0) is 16.1 Å². The van der Waals surface area contributed by atoms with Crippen LogP contribution in [0.3, 0.4) is 0 Å². The minimum Gasteiger partial charge on any atom is -0.467 e. The first-order valence-corrected chi connectivity index (χ1v) is 9.16. The SMILES string of the molecule is Cc1cc(C(=O)COC(=O)/C=C/c2ccc([N+](=O)[O-])cc2)c(C)n1Cc1ccco1. The van der Waals surface area contributed by atoms with E-state index in [2.05, 4.69) is 0 Å². The van der Waals surface area contributed by atoms with E-state index in [1.165, 1.54) is 36.4 Å². The van der Waals surface area contributed by atoms with Crippen molar-refractivity contribution < 1.29 is 23.7 Å². The van der Waals surface area contributed by atoms with Crippen LogP contribution in [0.1, 0.15) is 33.1 Å². The first kappa shape index (κ1) is 20.8. The van der Waals surface area contributed by atoms with Crippen LogP contribution in [0.15, 0.2) is 59.2 Å². The number of aryl methyl sites for hydroxylation is 1. The molecule has 0 atom stereocenters. The number of carbonyl (C=O) groups is 2. The summed E-state index contributed by atoms with van der Waals surface area (Å²) in [6, 6.07) is 11.1. The molecule has 0 saturated heterocycles. The van der Waals surface area contributed by atoms with E-state index in [9.17, 15) is 19.7 Å². The highest BCUT2D eigenvalue weighted by Gasteiger charge is 2.17. The van der Waals surface area contributed by atoms with Gasteiger partial charge in [0.25, 0.3) is 5.69 Å². The summed E-state index contributed by atoms with van der Waals surface area (Å²) in [6.45, 7) is 3.86. The fraction of sp³-hybridized carbons (Fsp3) is 0.182. The van der Waals surface area contributed by atoms with E-state index in [0.717, 1.165) is 17.1 Å². The van der Waals surface area contributed by atoms with E-state index < -0.39 is 10.9 Å². The van der Waals surface area contributed by atoms with Crippen molar-refractivity contribution in [2.75, 3.05) is 6.61 Å². The molecule has 1 aromatic carbocycles. The van der Waals surface area contributed by atoms with Gasteiger partial charge in [0.1, 0.15) is 5.76 Å². The highest BCUT2D eigenvalue weighted by molar-refractivity contribution is 6.00. The lowest BCUT2D eigenvalue weighted by atomic mass is 10.1. The van der Waals surface area contributed by atoms with Gasteiger partial charge in [-0.15, -0.1) is 0 Å². The van der Waals surface area contributed by atoms with Gasteiger partial charge in [-0.2, -0.15) is 0 Å². The van der Waals surface area contributed by atoms with Crippen LogP contribution in [0.25, 0.3) is 6.08 Å². The van der Waals surface area contributed by atoms with Crippen LogP contribution >= 0.6 is 0 Å². The van der Waals surface area contributed by atoms with Crippen LogP contribution in [0.2, 0.25) is 0 Å². The molecule has 8 heteroatoms. The Morgan fingerprint density at radius 1 is 1.20 bits per heavy atom. The van der Waals surface area contributed by atoms with Gasteiger partial charge < -0.3 is 13.7 Å². The monoisotopic (exact) mass is 408 g/mol. The minimum atomic E-state index is -0.675. The lowest BCUT2D eigenvalue weighted by Crippen LogP contribution is -2.13.